The van der Waals surface area contributed by atoms with Gasteiger partial charge >= 0.3 is 0 Å². The van der Waals surface area contributed by atoms with Crippen LogP contribution in [0.3, 0.4) is 0 Å². The topological polar surface area (TPSA) is 77.6 Å². The number of carbonyl (C=O) groups is 1. The number of aryl methyl sites for hydroxylation is 3. The van der Waals surface area contributed by atoms with Crippen molar-refractivity contribution in [2.75, 3.05) is 11.1 Å². The zero-order valence-electron chi connectivity index (χ0n) is 16.8. The summed E-state index contributed by atoms with van der Waals surface area (Å²) in [7, 11) is 1.86. The van der Waals surface area contributed by atoms with Gasteiger partial charge in [0.2, 0.25) is 5.91 Å². The van der Waals surface area contributed by atoms with Crippen molar-refractivity contribution in [3.05, 3.63) is 59.7 Å². The third-order valence-electron chi connectivity index (χ3n) is 4.92. The van der Waals surface area contributed by atoms with Gasteiger partial charge in [-0.15, -0.1) is 0 Å². The number of hydrogen-bond acceptors (Lipinski definition) is 5. The lowest BCUT2D eigenvalue weighted by molar-refractivity contribution is -0.113. The normalized spacial score (nSPS) is 11.2. The van der Waals surface area contributed by atoms with Gasteiger partial charge in [0.15, 0.2) is 10.8 Å². The second-order valence-electron chi connectivity index (χ2n) is 6.94. The fourth-order valence-corrected chi connectivity index (χ4v) is 4.05. The van der Waals surface area contributed by atoms with Crippen molar-refractivity contribution in [3.8, 4) is 5.69 Å². The average molecular weight is 407 g/mol. The fraction of sp³-hybridized carbons (Fsp3) is 0.238. The van der Waals surface area contributed by atoms with Gasteiger partial charge in [-0.2, -0.15) is 5.10 Å². The molecule has 0 radical (unpaired) electrons. The van der Waals surface area contributed by atoms with E-state index in [1.807, 2.05) is 36.9 Å². The van der Waals surface area contributed by atoms with Crippen LogP contribution in [0.25, 0.3) is 16.7 Å². The van der Waals surface area contributed by atoms with Crippen molar-refractivity contribution < 1.29 is 4.79 Å². The van der Waals surface area contributed by atoms with Crippen LogP contribution < -0.4 is 5.32 Å². The Morgan fingerprint density at radius 2 is 2.03 bits per heavy atom. The molecule has 8 heteroatoms. The highest BCUT2D eigenvalue weighted by atomic mass is 32.2. The van der Waals surface area contributed by atoms with Crippen LogP contribution in [-0.2, 0) is 11.8 Å². The maximum Gasteiger partial charge on any atom is 0.234 e. The van der Waals surface area contributed by atoms with Crippen LogP contribution in [0.4, 0.5) is 5.69 Å². The molecule has 1 amide bonds. The molecule has 0 fully saturated rings. The molecule has 0 saturated carbocycles. The predicted octanol–water partition coefficient (Wildman–Crippen LogP) is 3.81. The van der Waals surface area contributed by atoms with Crippen LogP contribution in [0.1, 0.15) is 16.8 Å². The molecular weight excluding hydrogens is 384 g/mol. The number of rotatable bonds is 5. The molecule has 148 valence electrons. The van der Waals surface area contributed by atoms with Gasteiger partial charge in [-0.1, -0.05) is 23.9 Å². The van der Waals surface area contributed by atoms with Crippen molar-refractivity contribution >= 4 is 34.4 Å². The van der Waals surface area contributed by atoms with Crippen molar-refractivity contribution in [2.24, 2.45) is 7.05 Å². The highest BCUT2D eigenvalue weighted by Crippen LogP contribution is 2.25. The van der Waals surface area contributed by atoms with Crippen LogP contribution in [0, 0.1) is 20.8 Å². The zero-order chi connectivity index (χ0) is 20.5. The minimum absolute atomic E-state index is 0.104. The summed E-state index contributed by atoms with van der Waals surface area (Å²) in [5.74, 6) is 0.152. The number of nitrogens with zero attached hydrogens (tertiary/aromatic N) is 5. The van der Waals surface area contributed by atoms with E-state index >= 15 is 0 Å². The van der Waals surface area contributed by atoms with E-state index in [9.17, 15) is 4.79 Å². The first-order valence-corrected chi connectivity index (χ1v) is 10.2. The number of pyridine rings is 1. The Labute approximate surface area is 173 Å². The van der Waals surface area contributed by atoms with Gasteiger partial charge in [0.25, 0.3) is 0 Å². The maximum absolute atomic E-state index is 12.5. The van der Waals surface area contributed by atoms with Gasteiger partial charge in [-0.05, 0) is 44.0 Å². The monoisotopic (exact) mass is 406 g/mol. The van der Waals surface area contributed by atoms with Gasteiger partial charge in [0, 0.05) is 24.8 Å². The molecule has 0 bridgehead atoms. The molecule has 0 aliphatic rings. The predicted molar refractivity (Wildman–Crippen MR) is 116 cm³/mol. The summed E-state index contributed by atoms with van der Waals surface area (Å²) in [6, 6.07) is 8.09. The number of imidazole rings is 1. The summed E-state index contributed by atoms with van der Waals surface area (Å²) < 4.78 is 3.76. The van der Waals surface area contributed by atoms with Crippen molar-refractivity contribution in [1.82, 2.24) is 24.3 Å². The van der Waals surface area contributed by atoms with E-state index in [-0.39, 0.29) is 11.7 Å². The number of benzene rings is 1. The Kier molecular flexibility index (Phi) is 5.10. The van der Waals surface area contributed by atoms with Gasteiger partial charge in [0.05, 0.1) is 29.0 Å². The van der Waals surface area contributed by atoms with Gasteiger partial charge < -0.3 is 5.32 Å². The highest BCUT2D eigenvalue weighted by Gasteiger charge is 2.13. The number of fused-ring (bicyclic) bond motifs is 1. The quantitative estimate of drug-likeness (QED) is 0.510. The largest absolute Gasteiger partial charge is 0.324 e. The minimum Gasteiger partial charge on any atom is -0.324 e. The number of amides is 1. The third kappa shape index (κ3) is 3.75. The molecule has 0 spiro atoms. The lowest BCUT2D eigenvalue weighted by atomic mass is 10.1. The second kappa shape index (κ2) is 7.71. The minimum atomic E-state index is -0.104. The molecule has 3 aromatic heterocycles. The van der Waals surface area contributed by atoms with E-state index < -0.39 is 0 Å². The molecule has 4 rings (SSSR count). The number of anilines is 1. The van der Waals surface area contributed by atoms with E-state index in [0.29, 0.717) is 5.69 Å². The van der Waals surface area contributed by atoms with Crippen LogP contribution in [0.15, 0.2) is 48.0 Å². The number of aromatic nitrogens is 5. The highest BCUT2D eigenvalue weighted by molar-refractivity contribution is 7.99. The Balaban J connectivity index is 1.47. The van der Waals surface area contributed by atoms with Crippen molar-refractivity contribution in [3.63, 3.8) is 0 Å². The van der Waals surface area contributed by atoms with Gasteiger partial charge in [0.1, 0.15) is 0 Å². The first-order valence-electron chi connectivity index (χ1n) is 9.26. The Morgan fingerprint density at radius 1 is 1.21 bits per heavy atom. The summed E-state index contributed by atoms with van der Waals surface area (Å²) in [5, 5.41) is 8.99. The zero-order valence-corrected chi connectivity index (χ0v) is 17.6. The van der Waals surface area contributed by atoms with Crippen molar-refractivity contribution in [2.45, 2.75) is 25.9 Å². The molecule has 0 unspecified atom stereocenters. The second-order valence-corrected chi connectivity index (χ2v) is 7.88. The molecule has 1 N–H and O–H groups in total. The summed E-state index contributed by atoms with van der Waals surface area (Å²) in [4.78, 5) is 21.3. The van der Waals surface area contributed by atoms with Crippen LogP contribution in [0.2, 0.25) is 0 Å². The first kappa shape index (κ1) is 19.2. The van der Waals surface area contributed by atoms with Crippen molar-refractivity contribution in [1.29, 1.82) is 0 Å². The van der Waals surface area contributed by atoms with E-state index in [1.54, 1.807) is 17.1 Å². The smallest absolute Gasteiger partial charge is 0.234 e. The summed E-state index contributed by atoms with van der Waals surface area (Å²) in [5.41, 5.74) is 5.84. The van der Waals surface area contributed by atoms with E-state index in [4.69, 9.17) is 0 Å². The Morgan fingerprint density at radius 3 is 2.86 bits per heavy atom. The summed E-state index contributed by atoms with van der Waals surface area (Å²) >= 11 is 1.40. The maximum atomic E-state index is 12.5. The van der Waals surface area contributed by atoms with E-state index in [1.165, 1.54) is 22.9 Å². The third-order valence-corrected chi connectivity index (χ3v) is 5.89. The summed E-state index contributed by atoms with van der Waals surface area (Å²) in [6.07, 6.45) is 5.33. The molecule has 3 heterocycles. The number of nitrogens with one attached hydrogen (secondary N) is 1. The van der Waals surface area contributed by atoms with E-state index in [0.717, 1.165) is 27.6 Å². The molecular formula is C21H22N6OS. The molecule has 0 saturated heterocycles. The van der Waals surface area contributed by atoms with Crippen LogP contribution in [0.5, 0.6) is 0 Å². The fourth-order valence-electron chi connectivity index (χ4n) is 3.28. The number of carbonyl (C=O) groups excluding carboxylic acids is 1. The average Bonchev–Trinajstić information content (AvgIpc) is 3.27. The molecule has 0 atom stereocenters. The molecule has 29 heavy (non-hydrogen) atoms. The van der Waals surface area contributed by atoms with Crippen LogP contribution in [-0.4, -0.2) is 36.0 Å². The Hall–Kier alpha value is -3.13. The SMILES string of the molecule is Cc1cccc(-n2ccnc2SCC(=O)Nc2cnc3c(c2)c(C)nn3C)c1C. The van der Waals surface area contributed by atoms with E-state index in [2.05, 4.69) is 46.4 Å². The standard InChI is InChI=1S/C21H22N6OS/c1-13-6-5-7-18(14(13)2)27-9-8-22-21(27)29-12-19(28)24-16-10-17-15(3)25-26(4)20(17)23-11-16/h5-11H,12H2,1-4H3,(H,24,28). The number of hydrogen-bond donors (Lipinski definition) is 1. The molecule has 0 aliphatic carbocycles. The lowest BCUT2D eigenvalue weighted by Gasteiger charge is -2.12. The molecule has 1 aromatic carbocycles. The molecule has 0 aliphatic heterocycles. The Bertz CT molecular complexity index is 1210. The van der Waals surface area contributed by atoms with Crippen LogP contribution >= 0.6 is 11.8 Å². The lowest BCUT2D eigenvalue weighted by Crippen LogP contribution is -2.14. The van der Waals surface area contributed by atoms with Gasteiger partial charge in [-0.3, -0.25) is 14.0 Å². The number of thioether (sulfide) groups is 1. The molecule has 7 nitrogen and oxygen atoms in total. The first-order chi connectivity index (χ1) is 13.9. The van der Waals surface area contributed by atoms with Gasteiger partial charge in [-0.25, -0.2) is 9.97 Å². The molecule has 4 aromatic rings. The summed E-state index contributed by atoms with van der Waals surface area (Å²) in [6.45, 7) is 6.11.